The van der Waals surface area contributed by atoms with Crippen LogP contribution in [0.1, 0.15) is 0 Å². The van der Waals surface area contributed by atoms with Crippen LogP contribution >= 0.6 is 0 Å². The predicted molar refractivity (Wildman–Crippen MR) is 40.6 cm³/mol. The van der Waals surface area contributed by atoms with E-state index in [0.29, 0.717) is 5.92 Å². The van der Waals surface area contributed by atoms with Crippen molar-refractivity contribution in [2.75, 3.05) is 33.4 Å². The number of terminal acetylenes is 1. The van der Waals surface area contributed by atoms with Crippen molar-refractivity contribution in [1.82, 2.24) is 4.90 Å². The van der Waals surface area contributed by atoms with Gasteiger partial charge in [-0.25, -0.2) is 0 Å². The SMILES string of the molecule is C#CC1CN(CCOC)C1. The molecule has 0 aromatic carbocycles. The third-order valence-corrected chi connectivity index (χ3v) is 1.80. The molecule has 2 heteroatoms. The predicted octanol–water partition coefficient (Wildman–Crippen LogP) is 0.198. The van der Waals surface area contributed by atoms with E-state index in [1.54, 1.807) is 7.11 Å². The summed E-state index contributed by atoms with van der Waals surface area (Å²) in [5.41, 5.74) is 0. The molecule has 0 saturated carbocycles. The Morgan fingerprint density at radius 1 is 1.70 bits per heavy atom. The second-order valence-electron chi connectivity index (χ2n) is 2.62. The van der Waals surface area contributed by atoms with Crippen LogP contribution in [0.3, 0.4) is 0 Å². The van der Waals surface area contributed by atoms with E-state index in [-0.39, 0.29) is 0 Å². The quantitative estimate of drug-likeness (QED) is 0.518. The molecule has 1 aliphatic heterocycles. The zero-order valence-corrected chi connectivity index (χ0v) is 6.34. The Labute approximate surface area is 62.2 Å². The Hall–Kier alpha value is -0.520. The van der Waals surface area contributed by atoms with Crippen LogP contribution in [0.2, 0.25) is 0 Å². The number of likely N-dealkylation sites (tertiary alicyclic amines) is 1. The van der Waals surface area contributed by atoms with Crippen molar-refractivity contribution in [2.24, 2.45) is 5.92 Å². The molecule has 1 heterocycles. The summed E-state index contributed by atoms with van der Waals surface area (Å²) in [6.07, 6.45) is 5.22. The number of ether oxygens (including phenoxy) is 1. The molecule has 1 aliphatic rings. The molecule has 0 unspecified atom stereocenters. The first-order valence-corrected chi connectivity index (χ1v) is 3.54. The number of nitrogens with zero attached hydrogens (tertiary/aromatic N) is 1. The highest BCUT2D eigenvalue weighted by Gasteiger charge is 2.23. The summed E-state index contributed by atoms with van der Waals surface area (Å²) >= 11 is 0. The van der Waals surface area contributed by atoms with Crippen LogP contribution in [0.5, 0.6) is 0 Å². The van der Waals surface area contributed by atoms with Gasteiger partial charge < -0.3 is 4.74 Å². The van der Waals surface area contributed by atoms with E-state index in [1.165, 1.54) is 0 Å². The zero-order chi connectivity index (χ0) is 7.40. The van der Waals surface area contributed by atoms with E-state index in [0.717, 1.165) is 26.2 Å². The van der Waals surface area contributed by atoms with Gasteiger partial charge in [0.25, 0.3) is 0 Å². The molecule has 1 rings (SSSR count). The van der Waals surface area contributed by atoms with Crippen LogP contribution in [-0.4, -0.2) is 38.3 Å². The van der Waals surface area contributed by atoms with Crippen molar-refractivity contribution in [3.05, 3.63) is 0 Å². The zero-order valence-electron chi connectivity index (χ0n) is 6.34. The summed E-state index contributed by atoms with van der Waals surface area (Å²) < 4.78 is 4.92. The Bertz CT molecular complexity index is 133. The van der Waals surface area contributed by atoms with Gasteiger partial charge in [-0.15, -0.1) is 12.3 Å². The summed E-state index contributed by atoms with van der Waals surface area (Å²) in [4.78, 5) is 2.30. The number of methoxy groups -OCH3 is 1. The molecule has 0 aliphatic carbocycles. The van der Waals surface area contributed by atoms with E-state index in [1.807, 2.05) is 0 Å². The lowest BCUT2D eigenvalue weighted by atomic mass is 10.0. The van der Waals surface area contributed by atoms with Crippen LogP contribution in [-0.2, 0) is 4.74 Å². The minimum atomic E-state index is 0.497. The Morgan fingerprint density at radius 2 is 2.40 bits per heavy atom. The third-order valence-electron chi connectivity index (χ3n) is 1.80. The lowest BCUT2D eigenvalue weighted by Gasteiger charge is -2.35. The Balaban J connectivity index is 1.99. The van der Waals surface area contributed by atoms with Crippen molar-refractivity contribution in [1.29, 1.82) is 0 Å². The van der Waals surface area contributed by atoms with Gasteiger partial charge in [-0.1, -0.05) is 0 Å². The largest absolute Gasteiger partial charge is 0.383 e. The van der Waals surface area contributed by atoms with Gasteiger partial charge in [0.2, 0.25) is 0 Å². The topological polar surface area (TPSA) is 12.5 Å². The maximum absolute atomic E-state index is 5.22. The normalized spacial score (nSPS) is 20.0. The third kappa shape index (κ3) is 1.73. The maximum atomic E-state index is 5.22. The minimum Gasteiger partial charge on any atom is -0.383 e. The molecule has 0 spiro atoms. The lowest BCUT2D eigenvalue weighted by molar-refractivity contribution is 0.0873. The van der Waals surface area contributed by atoms with Crippen LogP contribution < -0.4 is 0 Å². The summed E-state index contributed by atoms with van der Waals surface area (Å²) in [5, 5.41) is 0. The molecule has 0 amide bonds. The standard InChI is InChI=1S/C8H13NO/c1-3-8-6-9(7-8)4-5-10-2/h1,8H,4-7H2,2H3. The van der Waals surface area contributed by atoms with Gasteiger partial charge in [0, 0.05) is 32.7 Å². The van der Waals surface area contributed by atoms with E-state index < -0.39 is 0 Å². The van der Waals surface area contributed by atoms with Gasteiger partial charge >= 0.3 is 0 Å². The van der Waals surface area contributed by atoms with E-state index >= 15 is 0 Å². The van der Waals surface area contributed by atoms with E-state index in [4.69, 9.17) is 11.2 Å². The van der Waals surface area contributed by atoms with Gasteiger partial charge in [-0.05, 0) is 0 Å². The van der Waals surface area contributed by atoms with Crippen molar-refractivity contribution in [3.63, 3.8) is 0 Å². The molecule has 0 aromatic rings. The molecule has 1 fully saturated rings. The second-order valence-corrected chi connectivity index (χ2v) is 2.62. The number of hydrogen-bond acceptors (Lipinski definition) is 2. The molecule has 0 bridgehead atoms. The molecule has 56 valence electrons. The summed E-state index contributed by atoms with van der Waals surface area (Å²) in [6, 6.07) is 0. The van der Waals surface area contributed by atoms with E-state index in [2.05, 4.69) is 10.8 Å². The highest BCUT2D eigenvalue weighted by molar-refractivity contribution is 5.01. The molecule has 0 atom stereocenters. The van der Waals surface area contributed by atoms with Crippen molar-refractivity contribution < 1.29 is 4.74 Å². The fourth-order valence-electron chi connectivity index (χ4n) is 1.08. The summed E-state index contributed by atoms with van der Waals surface area (Å²) in [5.74, 6) is 3.22. The average molecular weight is 139 g/mol. The molecule has 0 aromatic heterocycles. The van der Waals surface area contributed by atoms with Crippen molar-refractivity contribution >= 4 is 0 Å². The summed E-state index contributed by atoms with van der Waals surface area (Å²) in [7, 11) is 1.72. The van der Waals surface area contributed by atoms with Gasteiger partial charge in [0.05, 0.1) is 6.61 Å². The first-order valence-electron chi connectivity index (χ1n) is 3.54. The monoisotopic (exact) mass is 139 g/mol. The van der Waals surface area contributed by atoms with Crippen LogP contribution in [0.25, 0.3) is 0 Å². The minimum absolute atomic E-state index is 0.497. The van der Waals surface area contributed by atoms with Gasteiger partial charge in [-0.3, -0.25) is 4.90 Å². The number of rotatable bonds is 3. The van der Waals surface area contributed by atoms with E-state index in [9.17, 15) is 0 Å². The lowest BCUT2D eigenvalue weighted by Crippen LogP contribution is -2.47. The highest BCUT2D eigenvalue weighted by Crippen LogP contribution is 2.12. The van der Waals surface area contributed by atoms with Gasteiger partial charge in [0.15, 0.2) is 0 Å². The molecular formula is C8H13NO. The maximum Gasteiger partial charge on any atom is 0.0589 e. The first-order chi connectivity index (χ1) is 4.86. The number of hydrogen-bond donors (Lipinski definition) is 0. The average Bonchev–Trinajstić information content (AvgIpc) is 1.86. The molecule has 2 nitrogen and oxygen atoms in total. The van der Waals surface area contributed by atoms with Crippen LogP contribution in [0.15, 0.2) is 0 Å². The smallest absolute Gasteiger partial charge is 0.0589 e. The van der Waals surface area contributed by atoms with Crippen LogP contribution in [0, 0.1) is 18.3 Å². The van der Waals surface area contributed by atoms with Gasteiger partial charge in [0.1, 0.15) is 0 Å². The Kier molecular flexibility index (Phi) is 2.73. The summed E-state index contributed by atoms with van der Waals surface area (Å²) in [6.45, 7) is 3.95. The fraction of sp³-hybridized carbons (Fsp3) is 0.750. The molecule has 0 radical (unpaired) electrons. The van der Waals surface area contributed by atoms with Crippen molar-refractivity contribution in [2.45, 2.75) is 0 Å². The molecular weight excluding hydrogens is 126 g/mol. The molecule has 10 heavy (non-hydrogen) atoms. The van der Waals surface area contributed by atoms with Crippen molar-refractivity contribution in [3.8, 4) is 12.3 Å². The molecule has 1 saturated heterocycles. The van der Waals surface area contributed by atoms with Crippen LogP contribution in [0.4, 0.5) is 0 Å². The highest BCUT2D eigenvalue weighted by atomic mass is 16.5. The first kappa shape index (κ1) is 7.59. The Morgan fingerprint density at radius 3 is 2.90 bits per heavy atom. The second kappa shape index (κ2) is 3.60. The fourth-order valence-corrected chi connectivity index (χ4v) is 1.08. The molecule has 0 N–H and O–H groups in total. The van der Waals surface area contributed by atoms with Gasteiger partial charge in [-0.2, -0.15) is 0 Å².